The summed E-state index contributed by atoms with van der Waals surface area (Å²) in [6.07, 6.45) is 0.951. The number of nitrogens with one attached hydrogen (secondary N) is 2. The lowest BCUT2D eigenvalue weighted by Gasteiger charge is -2.14. The molecule has 4 rings (SSSR count). The molecule has 2 N–H and O–H groups in total. The van der Waals surface area contributed by atoms with Gasteiger partial charge in [-0.1, -0.05) is 48.5 Å². The Labute approximate surface area is 176 Å². The van der Waals surface area contributed by atoms with Crippen molar-refractivity contribution in [2.24, 2.45) is 0 Å². The highest BCUT2D eigenvalue weighted by Crippen LogP contribution is 2.30. The molecule has 0 spiro atoms. The third-order valence-electron chi connectivity index (χ3n) is 5.22. The van der Waals surface area contributed by atoms with Crippen LogP contribution in [0.25, 0.3) is 11.1 Å². The van der Waals surface area contributed by atoms with Crippen LogP contribution in [0.4, 0.5) is 0 Å². The standard InChI is InChI=1S/C25H24N2O3/c1-17(27-25(29)20-5-3-2-4-6-20)24(28)26-16-18-7-9-19(10-8-18)21-11-12-23-22(15-21)13-14-30-23/h2-12,15,17H,13-14,16H2,1H3,(H,26,28)(H,27,29). The highest BCUT2D eigenvalue weighted by Gasteiger charge is 2.16. The number of benzene rings is 3. The van der Waals surface area contributed by atoms with Crippen LogP contribution in [-0.4, -0.2) is 24.5 Å². The van der Waals surface area contributed by atoms with Gasteiger partial charge in [0, 0.05) is 18.5 Å². The number of fused-ring (bicyclic) bond motifs is 1. The molecule has 0 saturated heterocycles. The maximum Gasteiger partial charge on any atom is 0.251 e. The van der Waals surface area contributed by atoms with Crippen molar-refractivity contribution in [2.75, 3.05) is 6.61 Å². The third kappa shape index (κ3) is 4.51. The molecule has 0 saturated carbocycles. The number of carbonyl (C=O) groups is 2. The van der Waals surface area contributed by atoms with Crippen LogP contribution in [0.5, 0.6) is 5.75 Å². The number of ether oxygens (including phenoxy) is 1. The molecule has 0 aliphatic carbocycles. The van der Waals surface area contributed by atoms with Gasteiger partial charge in [0.25, 0.3) is 5.91 Å². The van der Waals surface area contributed by atoms with Crippen molar-refractivity contribution in [1.29, 1.82) is 0 Å². The van der Waals surface area contributed by atoms with Crippen LogP contribution in [0, 0.1) is 0 Å². The van der Waals surface area contributed by atoms with Gasteiger partial charge >= 0.3 is 0 Å². The fourth-order valence-electron chi connectivity index (χ4n) is 3.46. The molecule has 1 aliphatic heterocycles. The number of hydrogen-bond donors (Lipinski definition) is 2. The Morgan fingerprint density at radius 3 is 2.47 bits per heavy atom. The van der Waals surface area contributed by atoms with E-state index in [-0.39, 0.29) is 11.8 Å². The van der Waals surface area contributed by atoms with Crippen molar-refractivity contribution in [3.8, 4) is 16.9 Å². The van der Waals surface area contributed by atoms with Crippen molar-refractivity contribution < 1.29 is 14.3 Å². The monoisotopic (exact) mass is 400 g/mol. The second-order valence-electron chi connectivity index (χ2n) is 7.40. The summed E-state index contributed by atoms with van der Waals surface area (Å²) in [5.41, 5.74) is 5.06. The van der Waals surface area contributed by atoms with Crippen LogP contribution in [0.2, 0.25) is 0 Å². The van der Waals surface area contributed by atoms with Crippen LogP contribution in [0.1, 0.15) is 28.4 Å². The Bertz CT molecular complexity index is 1050. The van der Waals surface area contributed by atoms with Crippen molar-refractivity contribution >= 4 is 11.8 Å². The first kappa shape index (κ1) is 19.7. The van der Waals surface area contributed by atoms with Gasteiger partial charge in [-0.3, -0.25) is 9.59 Å². The van der Waals surface area contributed by atoms with E-state index < -0.39 is 6.04 Å². The summed E-state index contributed by atoms with van der Waals surface area (Å²) in [4.78, 5) is 24.5. The van der Waals surface area contributed by atoms with Crippen molar-refractivity contribution in [3.05, 3.63) is 89.5 Å². The second-order valence-corrected chi connectivity index (χ2v) is 7.40. The molecule has 0 aromatic heterocycles. The molecular weight excluding hydrogens is 376 g/mol. The van der Waals surface area contributed by atoms with E-state index in [0.717, 1.165) is 35.5 Å². The fraction of sp³-hybridized carbons (Fsp3) is 0.200. The van der Waals surface area contributed by atoms with Crippen molar-refractivity contribution in [2.45, 2.75) is 25.9 Å². The summed E-state index contributed by atoms with van der Waals surface area (Å²) >= 11 is 0. The summed E-state index contributed by atoms with van der Waals surface area (Å²) in [5.74, 6) is 0.496. The minimum absolute atomic E-state index is 0.220. The van der Waals surface area contributed by atoms with Crippen LogP contribution in [0.15, 0.2) is 72.8 Å². The van der Waals surface area contributed by atoms with Gasteiger partial charge in [-0.05, 0) is 53.4 Å². The molecule has 3 aromatic carbocycles. The molecule has 1 unspecified atom stereocenters. The smallest absolute Gasteiger partial charge is 0.251 e. The van der Waals surface area contributed by atoms with Crippen molar-refractivity contribution in [3.63, 3.8) is 0 Å². The number of hydrogen-bond acceptors (Lipinski definition) is 3. The Hall–Kier alpha value is -3.60. The van der Waals surface area contributed by atoms with E-state index in [2.05, 4.69) is 34.9 Å². The van der Waals surface area contributed by atoms with Crippen LogP contribution >= 0.6 is 0 Å². The number of rotatable bonds is 6. The van der Waals surface area contributed by atoms with Gasteiger partial charge in [0.05, 0.1) is 6.61 Å². The maximum atomic E-state index is 12.3. The van der Waals surface area contributed by atoms with Gasteiger partial charge in [0.15, 0.2) is 0 Å². The summed E-state index contributed by atoms with van der Waals surface area (Å²) < 4.78 is 5.56. The molecule has 0 radical (unpaired) electrons. The number of amides is 2. The van der Waals surface area contributed by atoms with Crippen LogP contribution in [-0.2, 0) is 17.8 Å². The first-order valence-corrected chi connectivity index (χ1v) is 10.1. The Morgan fingerprint density at radius 1 is 0.967 bits per heavy atom. The van der Waals surface area contributed by atoms with E-state index in [0.29, 0.717) is 12.1 Å². The van der Waals surface area contributed by atoms with Crippen LogP contribution < -0.4 is 15.4 Å². The molecular formula is C25H24N2O3. The summed E-state index contributed by atoms with van der Waals surface area (Å²) in [6.45, 7) is 2.83. The number of carbonyl (C=O) groups excluding carboxylic acids is 2. The molecule has 5 nitrogen and oxygen atoms in total. The molecule has 1 atom stereocenters. The predicted octanol–water partition coefficient (Wildman–Crippen LogP) is 3.72. The summed E-state index contributed by atoms with van der Waals surface area (Å²) in [7, 11) is 0. The quantitative estimate of drug-likeness (QED) is 0.663. The van der Waals surface area contributed by atoms with E-state index in [4.69, 9.17) is 4.74 Å². The van der Waals surface area contributed by atoms with Gasteiger partial charge < -0.3 is 15.4 Å². The summed E-state index contributed by atoms with van der Waals surface area (Å²) in [6, 6.07) is 22.6. The first-order valence-electron chi connectivity index (χ1n) is 10.1. The molecule has 152 valence electrons. The van der Waals surface area contributed by atoms with E-state index in [1.807, 2.05) is 24.3 Å². The minimum Gasteiger partial charge on any atom is -0.493 e. The van der Waals surface area contributed by atoms with Gasteiger partial charge in [-0.2, -0.15) is 0 Å². The van der Waals surface area contributed by atoms with E-state index >= 15 is 0 Å². The van der Waals surface area contributed by atoms with E-state index in [9.17, 15) is 9.59 Å². The highest BCUT2D eigenvalue weighted by molar-refractivity contribution is 5.97. The zero-order valence-electron chi connectivity index (χ0n) is 16.9. The molecule has 30 heavy (non-hydrogen) atoms. The lowest BCUT2D eigenvalue weighted by molar-refractivity contribution is -0.122. The highest BCUT2D eigenvalue weighted by atomic mass is 16.5. The van der Waals surface area contributed by atoms with Gasteiger partial charge in [-0.25, -0.2) is 0 Å². The Balaban J connectivity index is 1.31. The SMILES string of the molecule is CC(NC(=O)c1ccccc1)C(=O)NCc1ccc(-c2ccc3c(c2)CCO3)cc1. The molecule has 3 aromatic rings. The second kappa shape index (κ2) is 8.82. The predicted molar refractivity (Wildman–Crippen MR) is 116 cm³/mol. The van der Waals surface area contributed by atoms with E-state index in [1.54, 1.807) is 31.2 Å². The fourth-order valence-corrected chi connectivity index (χ4v) is 3.46. The molecule has 0 fully saturated rings. The first-order chi connectivity index (χ1) is 14.6. The molecule has 1 heterocycles. The minimum atomic E-state index is -0.620. The van der Waals surface area contributed by atoms with Crippen molar-refractivity contribution in [1.82, 2.24) is 10.6 Å². The lowest BCUT2D eigenvalue weighted by Crippen LogP contribution is -2.44. The zero-order valence-corrected chi connectivity index (χ0v) is 16.9. The van der Waals surface area contributed by atoms with Gasteiger partial charge in [0.1, 0.15) is 11.8 Å². The van der Waals surface area contributed by atoms with Gasteiger partial charge in [0.2, 0.25) is 5.91 Å². The molecule has 5 heteroatoms. The Morgan fingerprint density at radius 2 is 1.70 bits per heavy atom. The average Bonchev–Trinajstić information content (AvgIpc) is 3.26. The molecule has 0 bridgehead atoms. The van der Waals surface area contributed by atoms with Gasteiger partial charge in [-0.15, -0.1) is 0 Å². The largest absolute Gasteiger partial charge is 0.493 e. The molecule has 2 amide bonds. The van der Waals surface area contributed by atoms with Crippen LogP contribution in [0.3, 0.4) is 0 Å². The Kier molecular flexibility index (Phi) is 5.80. The zero-order chi connectivity index (χ0) is 20.9. The topological polar surface area (TPSA) is 67.4 Å². The normalized spacial score (nSPS) is 13.1. The molecule has 1 aliphatic rings. The summed E-state index contributed by atoms with van der Waals surface area (Å²) in [5, 5.41) is 5.60. The third-order valence-corrected chi connectivity index (χ3v) is 5.22. The average molecular weight is 400 g/mol. The van der Waals surface area contributed by atoms with E-state index in [1.165, 1.54) is 5.56 Å². The lowest BCUT2D eigenvalue weighted by atomic mass is 10.0. The maximum absolute atomic E-state index is 12.3.